The zero-order valence-electron chi connectivity index (χ0n) is 15.1. The number of hydrogen-bond acceptors (Lipinski definition) is 4. The monoisotopic (exact) mass is 337 g/mol. The SMILES string of the molecule is CCCCC(=O)N1CC2(C1)CN(C)[C@@H](C(=O)NC1CCCC1)CO2. The molecule has 1 N–H and O–H groups in total. The highest BCUT2D eigenvalue weighted by Gasteiger charge is 2.51. The Balaban J connectivity index is 1.45. The number of morpholine rings is 1. The first-order valence-electron chi connectivity index (χ1n) is 9.45. The molecular formula is C18H31N3O3. The summed E-state index contributed by atoms with van der Waals surface area (Å²) in [5, 5.41) is 3.17. The first-order valence-corrected chi connectivity index (χ1v) is 9.45. The fraction of sp³-hybridized carbons (Fsp3) is 0.889. The molecule has 0 radical (unpaired) electrons. The van der Waals surface area contributed by atoms with Gasteiger partial charge in [-0.25, -0.2) is 0 Å². The van der Waals surface area contributed by atoms with E-state index in [9.17, 15) is 9.59 Å². The lowest BCUT2D eigenvalue weighted by atomic mass is 9.90. The lowest BCUT2D eigenvalue weighted by Gasteiger charge is -2.54. The number of carbonyl (C=O) groups excluding carboxylic acids is 2. The first-order chi connectivity index (χ1) is 11.5. The number of carbonyl (C=O) groups is 2. The number of ether oxygens (including phenoxy) is 1. The second-order valence-corrected chi connectivity index (χ2v) is 7.77. The van der Waals surface area contributed by atoms with Crippen molar-refractivity contribution in [1.82, 2.24) is 15.1 Å². The van der Waals surface area contributed by atoms with E-state index in [1.807, 2.05) is 11.9 Å². The van der Waals surface area contributed by atoms with Crippen LogP contribution in [0.15, 0.2) is 0 Å². The number of likely N-dealkylation sites (N-methyl/N-ethyl adjacent to an activating group) is 1. The summed E-state index contributed by atoms with van der Waals surface area (Å²) in [6, 6.07) is 0.137. The van der Waals surface area contributed by atoms with Gasteiger partial charge >= 0.3 is 0 Å². The Labute approximate surface area is 144 Å². The summed E-state index contributed by atoms with van der Waals surface area (Å²) in [7, 11) is 1.99. The van der Waals surface area contributed by atoms with Crippen molar-refractivity contribution in [1.29, 1.82) is 0 Å². The van der Waals surface area contributed by atoms with E-state index in [4.69, 9.17) is 4.74 Å². The Kier molecular flexibility index (Phi) is 5.45. The summed E-state index contributed by atoms with van der Waals surface area (Å²) in [6.45, 7) is 4.56. The summed E-state index contributed by atoms with van der Waals surface area (Å²) in [5.41, 5.74) is -0.263. The van der Waals surface area contributed by atoms with Gasteiger partial charge in [-0.05, 0) is 26.3 Å². The van der Waals surface area contributed by atoms with E-state index in [1.54, 1.807) is 0 Å². The van der Waals surface area contributed by atoms with Gasteiger partial charge in [0.05, 0.1) is 19.7 Å². The molecule has 136 valence electrons. The van der Waals surface area contributed by atoms with Gasteiger partial charge in [0.25, 0.3) is 0 Å². The number of likely N-dealkylation sites (tertiary alicyclic amines) is 1. The van der Waals surface area contributed by atoms with Gasteiger partial charge in [0.2, 0.25) is 11.8 Å². The number of amides is 2. The standard InChI is InChI=1S/C18H31N3O3/c1-3-4-9-16(22)21-12-18(13-21)11-20(2)15(10-24-18)17(23)19-14-7-5-6-8-14/h14-15H,3-13H2,1-2H3,(H,19,23)/t15-/m1/s1. The zero-order chi connectivity index (χ0) is 17.2. The maximum absolute atomic E-state index is 12.5. The van der Waals surface area contributed by atoms with E-state index in [0.717, 1.165) is 25.7 Å². The summed E-state index contributed by atoms with van der Waals surface area (Å²) >= 11 is 0. The molecule has 2 aliphatic heterocycles. The van der Waals surface area contributed by atoms with E-state index in [0.29, 0.717) is 38.7 Å². The van der Waals surface area contributed by atoms with Crippen LogP contribution in [0.1, 0.15) is 51.9 Å². The predicted octanol–water partition coefficient (Wildman–Crippen LogP) is 1.15. The number of nitrogens with one attached hydrogen (secondary N) is 1. The number of rotatable bonds is 5. The molecule has 2 amide bonds. The van der Waals surface area contributed by atoms with Crippen molar-refractivity contribution in [3.05, 3.63) is 0 Å². The third-order valence-corrected chi connectivity index (χ3v) is 5.68. The molecule has 1 saturated carbocycles. The van der Waals surface area contributed by atoms with Crippen LogP contribution in [0, 0.1) is 0 Å². The quantitative estimate of drug-likeness (QED) is 0.817. The van der Waals surface area contributed by atoms with Crippen molar-refractivity contribution in [2.75, 3.05) is 33.3 Å². The molecule has 1 atom stereocenters. The van der Waals surface area contributed by atoms with Crippen LogP contribution in [-0.4, -0.2) is 72.6 Å². The molecule has 0 aromatic heterocycles. The maximum Gasteiger partial charge on any atom is 0.239 e. The maximum atomic E-state index is 12.5. The van der Waals surface area contributed by atoms with E-state index in [-0.39, 0.29) is 23.5 Å². The molecule has 3 aliphatic rings. The molecule has 1 spiro atoms. The Hall–Kier alpha value is -1.14. The summed E-state index contributed by atoms with van der Waals surface area (Å²) < 4.78 is 6.06. The van der Waals surface area contributed by atoms with Gasteiger partial charge in [-0.3, -0.25) is 14.5 Å². The predicted molar refractivity (Wildman–Crippen MR) is 91.6 cm³/mol. The molecule has 0 bridgehead atoms. The van der Waals surface area contributed by atoms with Crippen LogP contribution >= 0.6 is 0 Å². The van der Waals surface area contributed by atoms with Crippen molar-refractivity contribution < 1.29 is 14.3 Å². The molecule has 3 fully saturated rings. The molecule has 3 rings (SSSR count). The minimum absolute atomic E-state index is 0.0921. The van der Waals surface area contributed by atoms with Crippen molar-refractivity contribution in [2.24, 2.45) is 0 Å². The van der Waals surface area contributed by atoms with E-state index in [2.05, 4.69) is 17.1 Å². The van der Waals surface area contributed by atoms with Crippen LogP contribution in [0.3, 0.4) is 0 Å². The van der Waals surface area contributed by atoms with Gasteiger partial charge in [0.1, 0.15) is 11.6 Å². The fourth-order valence-electron chi connectivity index (χ4n) is 4.14. The third kappa shape index (κ3) is 3.75. The van der Waals surface area contributed by atoms with Crippen LogP contribution in [0.25, 0.3) is 0 Å². The lowest BCUT2D eigenvalue weighted by molar-refractivity contribution is -0.201. The molecule has 6 heteroatoms. The largest absolute Gasteiger partial charge is 0.368 e. The molecule has 0 unspecified atom stereocenters. The lowest BCUT2D eigenvalue weighted by Crippen LogP contribution is -2.73. The van der Waals surface area contributed by atoms with Gasteiger partial charge in [0, 0.05) is 19.0 Å². The van der Waals surface area contributed by atoms with Gasteiger partial charge in [-0.1, -0.05) is 26.2 Å². The molecule has 0 aromatic carbocycles. The molecule has 24 heavy (non-hydrogen) atoms. The fourth-order valence-corrected chi connectivity index (χ4v) is 4.14. The van der Waals surface area contributed by atoms with Crippen LogP contribution in [-0.2, 0) is 14.3 Å². The van der Waals surface area contributed by atoms with Crippen molar-refractivity contribution in [2.45, 2.75) is 69.6 Å². The number of nitrogens with zero attached hydrogens (tertiary/aromatic N) is 2. The van der Waals surface area contributed by atoms with Gasteiger partial charge < -0.3 is 15.0 Å². The average Bonchev–Trinajstić information content (AvgIpc) is 3.02. The summed E-state index contributed by atoms with van der Waals surface area (Å²) in [4.78, 5) is 28.5. The first kappa shape index (κ1) is 17.7. The van der Waals surface area contributed by atoms with Crippen LogP contribution in [0.4, 0.5) is 0 Å². The number of hydrogen-bond donors (Lipinski definition) is 1. The minimum Gasteiger partial charge on any atom is -0.368 e. The van der Waals surface area contributed by atoms with Gasteiger partial charge in [-0.15, -0.1) is 0 Å². The third-order valence-electron chi connectivity index (χ3n) is 5.68. The molecular weight excluding hydrogens is 306 g/mol. The smallest absolute Gasteiger partial charge is 0.239 e. The van der Waals surface area contributed by atoms with E-state index >= 15 is 0 Å². The summed E-state index contributed by atoms with van der Waals surface area (Å²) in [5.74, 6) is 0.323. The highest BCUT2D eigenvalue weighted by atomic mass is 16.5. The topological polar surface area (TPSA) is 61.9 Å². The highest BCUT2D eigenvalue weighted by molar-refractivity contribution is 5.82. The molecule has 6 nitrogen and oxygen atoms in total. The van der Waals surface area contributed by atoms with Gasteiger partial charge in [-0.2, -0.15) is 0 Å². The van der Waals surface area contributed by atoms with Crippen molar-refractivity contribution >= 4 is 11.8 Å². The molecule has 0 aromatic rings. The van der Waals surface area contributed by atoms with Crippen LogP contribution in [0.2, 0.25) is 0 Å². The molecule has 2 saturated heterocycles. The molecule has 1 aliphatic carbocycles. The average molecular weight is 337 g/mol. The van der Waals surface area contributed by atoms with E-state index in [1.165, 1.54) is 12.8 Å². The summed E-state index contributed by atoms with van der Waals surface area (Å²) in [6.07, 6.45) is 7.26. The number of unbranched alkanes of at least 4 members (excludes halogenated alkanes) is 1. The highest BCUT2D eigenvalue weighted by Crippen LogP contribution is 2.31. The Morgan fingerprint density at radius 1 is 1.21 bits per heavy atom. The van der Waals surface area contributed by atoms with E-state index < -0.39 is 0 Å². The van der Waals surface area contributed by atoms with Crippen LogP contribution in [0.5, 0.6) is 0 Å². The van der Waals surface area contributed by atoms with Crippen molar-refractivity contribution in [3.63, 3.8) is 0 Å². The Bertz CT molecular complexity index is 470. The van der Waals surface area contributed by atoms with Crippen molar-refractivity contribution in [3.8, 4) is 0 Å². The second-order valence-electron chi connectivity index (χ2n) is 7.77. The second kappa shape index (κ2) is 7.40. The van der Waals surface area contributed by atoms with Gasteiger partial charge in [0.15, 0.2) is 0 Å². The zero-order valence-corrected chi connectivity index (χ0v) is 15.1. The normalized spacial score (nSPS) is 27.2. The van der Waals surface area contributed by atoms with Crippen LogP contribution < -0.4 is 5.32 Å². The molecule has 2 heterocycles. The minimum atomic E-state index is -0.263. The Morgan fingerprint density at radius 3 is 2.54 bits per heavy atom. The Morgan fingerprint density at radius 2 is 1.92 bits per heavy atom.